The summed E-state index contributed by atoms with van der Waals surface area (Å²) < 4.78 is 30.6. The first-order valence-electron chi connectivity index (χ1n) is 4.79. The SMILES string of the molecule is O=S(=O)(CC1CCCO1)NCCCCl. The van der Waals surface area contributed by atoms with Crippen molar-refractivity contribution in [3.8, 4) is 0 Å². The van der Waals surface area contributed by atoms with E-state index in [4.69, 9.17) is 16.3 Å². The molecule has 0 spiro atoms. The Balaban J connectivity index is 2.26. The summed E-state index contributed by atoms with van der Waals surface area (Å²) in [5.41, 5.74) is 0. The van der Waals surface area contributed by atoms with E-state index >= 15 is 0 Å². The molecule has 6 heteroatoms. The van der Waals surface area contributed by atoms with Gasteiger partial charge in [-0.15, -0.1) is 11.6 Å². The number of rotatable bonds is 6. The topological polar surface area (TPSA) is 55.4 Å². The van der Waals surface area contributed by atoms with E-state index in [2.05, 4.69) is 4.72 Å². The molecular formula is C8H16ClNO3S. The Morgan fingerprint density at radius 2 is 2.29 bits per heavy atom. The van der Waals surface area contributed by atoms with Crippen LogP contribution in [-0.2, 0) is 14.8 Å². The highest BCUT2D eigenvalue weighted by Crippen LogP contribution is 2.13. The van der Waals surface area contributed by atoms with E-state index in [9.17, 15) is 8.42 Å². The van der Waals surface area contributed by atoms with Gasteiger partial charge >= 0.3 is 0 Å². The molecule has 0 bridgehead atoms. The molecule has 0 aliphatic carbocycles. The standard InChI is InChI=1S/C8H16ClNO3S/c9-4-2-5-10-14(11,12)7-8-3-1-6-13-8/h8,10H,1-7H2. The van der Waals surface area contributed by atoms with Gasteiger partial charge in [0.25, 0.3) is 0 Å². The summed E-state index contributed by atoms with van der Waals surface area (Å²) in [5, 5.41) is 0. The van der Waals surface area contributed by atoms with Crippen molar-refractivity contribution in [2.24, 2.45) is 0 Å². The summed E-state index contributed by atoms with van der Waals surface area (Å²) in [6.45, 7) is 1.10. The van der Waals surface area contributed by atoms with Crippen LogP contribution in [0.1, 0.15) is 19.3 Å². The molecule has 1 saturated heterocycles. The maximum absolute atomic E-state index is 11.4. The van der Waals surface area contributed by atoms with Crippen LogP contribution < -0.4 is 4.72 Å². The summed E-state index contributed by atoms with van der Waals surface area (Å²) in [6.07, 6.45) is 2.34. The average molecular weight is 242 g/mol. The minimum atomic E-state index is -3.17. The van der Waals surface area contributed by atoms with Crippen molar-refractivity contribution in [1.29, 1.82) is 0 Å². The molecular weight excluding hydrogens is 226 g/mol. The van der Waals surface area contributed by atoms with Gasteiger partial charge < -0.3 is 4.74 Å². The van der Waals surface area contributed by atoms with Crippen molar-refractivity contribution < 1.29 is 13.2 Å². The highest BCUT2D eigenvalue weighted by molar-refractivity contribution is 7.89. The molecule has 1 heterocycles. The molecule has 0 saturated carbocycles. The van der Waals surface area contributed by atoms with Crippen molar-refractivity contribution in [3.05, 3.63) is 0 Å². The third-order valence-corrected chi connectivity index (χ3v) is 3.78. The number of halogens is 1. The molecule has 4 nitrogen and oxygen atoms in total. The fraction of sp³-hybridized carbons (Fsp3) is 1.00. The summed E-state index contributed by atoms with van der Waals surface area (Å²) in [5.74, 6) is 0.553. The van der Waals surface area contributed by atoms with E-state index in [-0.39, 0.29) is 11.9 Å². The first-order chi connectivity index (χ1) is 6.64. The lowest BCUT2D eigenvalue weighted by Crippen LogP contribution is -2.32. The molecule has 1 unspecified atom stereocenters. The molecule has 0 aromatic rings. The van der Waals surface area contributed by atoms with Gasteiger partial charge in [0, 0.05) is 19.0 Å². The predicted octanol–water partition coefficient (Wildman–Crippen LogP) is 0.714. The lowest BCUT2D eigenvalue weighted by molar-refractivity contribution is 0.127. The van der Waals surface area contributed by atoms with Gasteiger partial charge in [-0.05, 0) is 19.3 Å². The van der Waals surface area contributed by atoms with Gasteiger partial charge in [0.05, 0.1) is 11.9 Å². The Hall–Kier alpha value is 0.160. The Morgan fingerprint density at radius 3 is 2.86 bits per heavy atom. The van der Waals surface area contributed by atoms with E-state index < -0.39 is 10.0 Å². The molecule has 1 rings (SSSR count). The smallest absolute Gasteiger partial charge is 0.214 e. The Kier molecular flexibility index (Phi) is 5.15. The Bertz CT molecular complexity index is 249. The molecule has 0 amide bonds. The maximum Gasteiger partial charge on any atom is 0.214 e. The largest absolute Gasteiger partial charge is 0.377 e. The minimum absolute atomic E-state index is 0.0787. The summed E-state index contributed by atoms with van der Waals surface area (Å²) >= 11 is 5.44. The normalized spacial score (nSPS) is 22.8. The van der Waals surface area contributed by atoms with Crippen LogP contribution in [0.4, 0.5) is 0 Å². The van der Waals surface area contributed by atoms with E-state index in [0.29, 0.717) is 25.5 Å². The summed E-state index contributed by atoms with van der Waals surface area (Å²) in [6, 6.07) is 0. The van der Waals surface area contributed by atoms with Gasteiger partial charge in [0.1, 0.15) is 0 Å². The van der Waals surface area contributed by atoms with Crippen LogP contribution in [0, 0.1) is 0 Å². The number of hydrogen-bond donors (Lipinski definition) is 1. The van der Waals surface area contributed by atoms with Gasteiger partial charge in [-0.2, -0.15) is 0 Å². The van der Waals surface area contributed by atoms with Gasteiger partial charge in [0.2, 0.25) is 10.0 Å². The number of ether oxygens (including phenoxy) is 1. The lowest BCUT2D eigenvalue weighted by atomic mass is 10.3. The highest BCUT2D eigenvalue weighted by atomic mass is 35.5. The Morgan fingerprint density at radius 1 is 1.50 bits per heavy atom. The van der Waals surface area contributed by atoms with Gasteiger partial charge in [0.15, 0.2) is 0 Å². The fourth-order valence-electron chi connectivity index (χ4n) is 1.37. The third-order valence-electron chi connectivity index (χ3n) is 2.06. The first-order valence-corrected chi connectivity index (χ1v) is 6.97. The molecule has 14 heavy (non-hydrogen) atoms. The van der Waals surface area contributed by atoms with Crippen LogP contribution >= 0.6 is 11.6 Å². The van der Waals surface area contributed by atoms with E-state index in [1.165, 1.54) is 0 Å². The summed E-state index contributed by atoms with van der Waals surface area (Å²) in [4.78, 5) is 0. The lowest BCUT2D eigenvalue weighted by Gasteiger charge is -2.10. The van der Waals surface area contributed by atoms with Crippen molar-refractivity contribution in [3.63, 3.8) is 0 Å². The first kappa shape index (κ1) is 12.2. The monoisotopic (exact) mass is 241 g/mol. The zero-order valence-electron chi connectivity index (χ0n) is 8.04. The van der Waals surface area contributed by atoms with E-state index in [1.807, 2.05) is 0 Å². The minimum Gasteiger partial charge on any atom is -0.377 e. The number of sulfonamides is 1. The van der Waals surface area contributed by atoms with Gasteiger partial charge in [-0.1, -0.05) is 0 Å². The fourth-order valence-corrected chi connectivity index (χ4v) is 2.83. The molecule has 1 N–H and O–H groups in total. The third kappa shape index (κ3) is 4.59. The second kappa shape index (κ2) is 5.90. The molecule has 1 fully saturated rings. The van der Waals surface area contributed by atoms with Crippen LogP contribution in [0.5, 0.6) is 0 Å². The molecule has 0 radical (unpaired) electrons. The van der Waals surface area contributed by atoms with Crippen LogP contribution in [0.3, 0.4) is 0 Å². The molecule has 0 aromatic heterocycles. The zero-order valence-corrected chi connectivity index (χ0v) is 9.61. The molecule has 1 atom stereocenters. The van der Waals surface area contributed by atoms with Crippen LogP contribution in [0.15, 0.2) is 0 Å². The van der Waals surface area contributed by atoms with Crippen LogP contribution in [-0.4, -0.2) is 39.3 Å². The van der Waals surface area contributed by atoms with Gasteiger partial charge in [-0.3, -0.25) is 0 Å². The molecule has 1 aliphatic heterocycles. The van der Waals surface area contributed by atoms with Crippen LogP contribution in [0.25, 0.3) is 0 Å². The maximum atomic E-state index is 11.4. The number of hydrogen-bond acceptors (Lipinski definition) is 3. The van der Waals surface area contributed by atoms with Crippen LogP contribution in [0.2, 0.25) is 0 Å². The van der Waals surface area contributed by atoms with Crippen molar-refractivity contribution in [2.45, 2.75) is 25.4 Å². The second-order valence-corrected chi connectivity index (χ2v) is 5.58. The predicted molar refractivity (Wildman–Crippen MR) is 56.1 cm³/mol. The quantitative estimate of drug-likeness (QED) is 0.551. The van der Waals surface area contributed by atoms with Crippen molar-refractivity contribution in [2.75, 3.05) is 24.8 Å². The number of nitrogens with one attached hydrogen (secondary N) is 1. The average Bonchev–Trinajstić information content (AvgIpc) is 2.56. The molecule has 1 aliphatic rings. The van der Waals surface area contributed by atoms with Gasteiger partial charge in [-0.25, -0.2) is 13.1 Å². The Labute approximate surface area is 90.0 Å². The molecule has 0 aromatic carbocycles. The second-order valence-electron chi connectivity index (χ2n) is 3.35. The van der Waals surface area contributed by atoms with Crippen molar-refractivity contribution in [1.82, 2.24) is 4.72 Å². The molecule has 84 valence electrons. The van der Waals surface area contributed by atoms with Crippen molar-refractivity contribution >= 4 is 21.6 Å². The highest BCUT2D eigenvalue weighted by Gasteiger charge is 2.22. The number of alkyl halides is 1. The zero-order chi connectivity index (χ0) is 10.4. The summed E-state index contributed by atoms with van der Waals surface area (Å²) in [7, 11) is -3.17. The van der Waals surface area contributed by atoms with E-state index in [1.54, 1.807) is 0 Å². The van der Waals surface area contributed by atoms with E-state index in [0.717, 1.165) is 12.8 Å².